The number of hydrogen-bond acceptors (Lipinski definition) is 5. The Kier molecular flexibility index (Phi) is 11.4. The van der Waals surface area contributed by atoms with E-state index in [2.05, 4.69) is 13.5 Å². The van der Waals surface area contributed by atoms with Crippen molar-refractivity contribution >= 4 is 23.5 Å². The van der Waals surface area contributed by atoms with Crippen LogP contribution in [0.15, 0.2) is 41.9 Å². The lowest BCUT2D eigenvalue weighted by atomic mass is 10.1. The molecular formula is C20H27ClO5. The molecule has 0 fully saturated rings. The molecule has 0 heterocycles. The van der Waals surface area contributed by atoms with Gasteiger partial charge in [0.25, 0.3) is 0 Å². The first-order valence-corrected chi connectivity index (χ1v) is 9.40. The zero-order chi connectivity index (χ0) is 19.2. The average Bonchev–Trinajstić information content (AvgIpc) is 2.65. The summed E-state index contributed by atoms with van der Waals surface area (Å²) in [6, 6.07) is 8.41. The van der Waals surface area contributed by atoms with E-state index < -0.39 is 18.2 Å². The van der Waals surface area contributed by atoms with Crippen molar-refractivity contribution in [3.63, 3.8) is 0 Å². The van der Waals surface area contributed by atoms with Gasteiger partial charge < -0.3 is 4.74 Å². The molecule has 0 bridgehead atoms. The molecule has 6 heteroatoms. The summed E-state index contributed by atoms with van der Waals surface area (Å²) in [5.74, 6) is -1.45. The van der Waals surface area contributed by atoms with Gasteiger partial charge in [-0.05, 0) is 18.6 Å². The van der Waals surface area contributed by atoms with Crippen molar-refractivity contribution in [1.29, 1.82) is 0 Å². The van der Waals surface area contributed by atoms with E-state index in [1.165, 1.54) is 25.7 Å². The Morgan fingerprint density at radius 3 is 2.27 bits per heavy atom. The third kappa shape index (κ3) is 9.59. The normalized spacial score (nSPS) is 11.6. The van der Waals surface area contributed by atoms with Gasteiger partial charge in [0.1, 0.15) is 5.03 Å². The fourth-order valence-corrected chi connectivity index (χ4v) is 2.34. The maximum atomic E-state index is 11.9. The van der Waals surface area contributed by atoms with Crippen LogP contribution in [0.5, 0.6) is 0 Å². The van der Waals surface area contributed by atoms with E-state index in [0.717, 1.165) is 19.3 Å². The van der Waals surface area contributed by atoms with Crippen LogP contribution >= 0.6 is 11.6 Å². The zero-order valence-corrected chi connectivity index (χ0v) is 16.0. The maximum absolute atomic E-state index is 11.9. The molecular weight excluding hydrogens is 356 g/mol. The van der Waals surface area contributed by atoms with Crippen LogP contribution in [0.3, 0.4) is 0 Å². The zero-order valence-electron chi connectivity index (χ0n) is 15.2. The molecule has 5 nitrogen and oxygen atoms in total. The first kappa shape index (κ1) is 22.2. The lowest BCUT2D eigenvalue weighted by Gasteiger charge is -2.16. The predicted octanol–water partition coefficient (Wildman–Crippen LogP) is 5.54. The van der Waals surface area contributed by atoms with Crippen molar-refractivity contribution in [3.05, 3.63) is 47.5 Å². The van der Waals surface area contributed by atoms with E-state index in [-0.39, 0.29) is 5.03 Å². The number of rotatable bonds is 13. The van der Waals surface area contributed by atoms with Gasteiger partial charge in [-0.2, -0.15) is 0 Å². The van der Waals surface area contributed by atoms with Crippen LogP contribution in [-0.2, 0) is 19.3 Å². The van der Waals surface area contributed by atoms with Crippen molar-refractivity contribution in [1.82, 2.24) is 0 Å². The SMILES string of the molecule is C=C(Cl)C(=O)OC(CCCCCCCCC)OOC(=O)c1ccccc1. The van der Waals surface area contributed by atoms with Crippen LogP contribution < -0.4 is 0 Å². The van der Waals surface area contributed by atoms with Crippen LogP contribution in [0.25, 0.3) is 0 Å². The maximum Gasteiger partial charge on any atom is 0.373 e. The third-order valence-electron chi connectivity index (χ3n) is 3.74. The summed E-state index contributed by atoms with van der Waals surface area (Å²) < 4.78 is 5.07. The Balaban J connectivity index is 2.41. The van der Waals surface area contributed by atoms with Gasteiger partial charge in [-0.15, -0.1) is 4.89 Å². The highest BCUT2D eigenvalue weighted by molar-refractivity contribution is 6.40. The van der Waals surface area contributed by atoms with Crippen LogP contribution in [0.2, 0.25) is 0 Å². The molecule has 26 heavy (non-hydrogen) atoms. The summed E-state index contributed by atoms with van der Waals surface area (Å²) in [7, 11) is 0. The first-order chi connectivity index (χ1) is 12.5. The number of unbranched alkanes of at least 4 members (excludes halogenated alkanes) is 6. The van der Waals surface area contributed by atoms with Crippen molar-refractivity contribution in [2.45, 2.75) is 64.6 Å². The van der Waals surface area contributed by atoms with Crippen LogP contribution in [0.4, 0.5) is 0 Å². The van der Waals surface area contributed by atoms with Gasteiger partial charge in [0.05, 0.1) is 5.56 Å². The van der Waals surface area contributed by atoms with Gasteiger partial charge in [-0.3, -0.25) is 4.89 Å². The van der Waals surface area contributed by atoms with E-state index in [4.69, 9.17) is 26.1 Å². The Labute approximate surface area is 160 Å². The average molecular weight is 383 g/mol. The molecule has 1 atom stereocenters. The number of ether oxygens (including phenoxy) is 1. The van der Waals surface area contributed by atoms with Gasteiger partial charge in [0, 0.05) is 6.42 Å². The third-order valence-corrected chi connectivity index (χ3v) is 3.90. The first-order valence-electron chi connectivity index (χ1n) is 9.02. The Bertz CT molecular complexity index is 559. The van der Waals surface area contributed by atoms with E-state index in [1.54, 1.807) is 30.3 Å². The molecule has 0 aliphatic carbocycles. The lowest BCUT2D eigenvalue weighted by Crippen LogP contribution is -2.23. The van der Waals surface area contributed by atoms with Crippen molar-refractivity contribution in [2.75, 3.05) is 0 Å². The minimum atomic E-state index is -1.01. The van der Waals surface area contributed by atoms with Gasteiger partial charge in [-0.1, -0.05) is 81.8 Å². The highest BCUT2D eigenvalue weighted by atomic mass is 35.5. The fraction of sp³-hybridized carbons (Fsp3) is 0.500. The van der Waals surface area contributed by atoms with Crippen molar-refractivity contribution in [2.24, 2.45) is 0 Å². The molecule has 0 aliphatic rings. The molecule has 0 aromatic heterocycles. The topological polar surface area (TPSA) is 61.8 Å². The number of benzene rings is 1. The molecule has 0 saturated carbocycles. The molecule has 0 amide bonds. The van der Waals surface area contributed by atoms with Crippen LogP contribution in [0.1, 0.15) is 68.6 Å². The molecule has 1 unspecified atom stereocenters. The second-order valence-electron chi connectivity index (χ2n) is 5.98. The second kappa shape index (κ2) is 13.4. The van der Waals surface area contributed by atoms with Gasteiger partial charge >= 0.3 is 11.9 Å². The van der Waals surface area contributed by atoms with Crippen molar-refractivity contribution < 1.29 is 24.1 Å². The predicted molar refractivity (Wildman–Crippen MR) is 100 cm³/mol. The minimum Gasteiger partial charge on any atom is -0.428 e. The molecule has 144 valence electrons. The van der Waals surface area contributed by atoms with E-state index in [9.17, 15) is 9.59 Å². The van der Waals surface area contributed by atoms with Crippen LogP contribution in [-0.4, -0.2) is 18.2 Å². The second-order valence-corrected chi connectivity index (χ2v) is 6.44. The molecule has 0 N–H and O–H groups in total. The summed E-state index contributed by atoms with van der Waals surface area (Å²) in [5, 5.41) is -0.257. The van der Waals surface area contributed by atoms with E-state index in [1.807, 2.05) is 0 Å². The number of carbonyl (C=O) groups excluding carboxylic acids is 2. The number of halogens is 1. The quantitative estimate of drug-likeness (QED) is 0.112. The smallest absolute Gasteiger partial charge is 0.373 e. The van der Waals surface area contributed by atoms with Gasteiger partial charge in [0.2, 0.25) is 6.29 Å². The molecule has 1 aromatic rings. The van der Waals surface area contributed by atoms with E-state index >= 15 is 0 Å². The monoisotopic (exact) mass is 382 g/mol. The van der Waals surface area contributed by atoms with Gasteiger partial charge in [0.15, 0.2) is 0 Å². The van der Waals surface area contributed by atoms with Gasteiger partial charge in [-0.25, -0.2) is 9.59 Å². The lowest BCUT2D eigenvalue weighted by molar-refractivity contribution is -0.331. The molecule has 1 aromatic carbocycles. The fourth-order valence-electron chi connectivity index (χ4n) is 2.30. The molecule has 0 spiro atoms. The Hall–Kier alpha value is -1.85. The van der Waals surface area contributed by atoms with Crippen LogP contribution in [0, 0.1) is 0 Å². The summed E-state index contributed by atoms with van der Waals surface area (Å²) in [5.41, 5.74) is 0.343. The summed E-state index contributed by atoms with van der Waals surface area (Å²) in [6.45, 7) is 5.50. The Morgan fingerprint density at radius 1 is 1.04 bits per heavy atom. The number of esters is 1. The molecule has 0 aliphatic heterocycles. The number of hydrogen-bond donors (Lipinski definition) is 0. The standard InChI is InChI=1S/C20H27ClO5/c1-3-4-5-6-7-8-12-15-18(24-19(22)16(2)21)25-26-20(23)17-13-10-9-11-14-17/h9-11,13-14,18H,2-8,12,15H2,1H3. The number of carbonyl (C=O) groups is 2. The highest BCUT2D eigenvalue weighted by Crippen LogP contribution is 2.15. The highest BCUT2D eigenvalue weighted by Gasteiger charge is 2.20. The van der Waals surface area contributed by atoms with Crippen molar-refractivity contribution in [3.8, 4) is 0 Å². The molecule has 1 rings (SSSR count). The largest absolute Gasteiger partial charge is 0.428 e. The van der Waals surface area contributed by atoms with E-state index in [0.29, 0.717) is 12.0 Å². The Morgan fingerprint density at radius 2 is 1.65 bits per heavy atom. The minimum absolute atomic E-state index is 0.257. The summed E-state index contributed by atoms with van der Waals surface area (Å²) >= 11 is 5.53. The molecule has 0 saturated heterocycles. The molecule has 0 radical (unpaired) electrons. The summed E-state index contributed by atoms with van der Waals surface area (Å²) in [6.07, 6.45) is 7.13. The summed E-state index contributed by atoms with van der Waals surface area (Å²) in [4.78, 5) is 33.3.